The summed E-state index contributed by atoms with van der Waals surface area (Å²) in [4.78, 5) is 59.9. The van der Waals surface area contributed by atoms with Crippen LogP contribution in [-0.4, -0.2) is 67.1 Å². The van der Waals surface area contributed by atoms with Gasteiger partial charge in [0.1, 0.15) is 17.1 Å². The van der Waals surface area contributed by atoms with Gasteiger partial charge in [0.2, 0.25) is 5.91 Å². The first-order chi connectivity index (χ1) is 13.2. The maximum atomic E-state index is 12.5. The first kappa shape index (κ1) is 19.4. The lowest BCUT2D eigenvalue weighted by molar-refractivity contribution is -0.152. The summed E-state index contributed by atoms with van der Waals surface area (Å²) in [6.07, 6.45) is 0. The fourth-order valence-corrected chi connectivity index (χ4v) is 4.40. The van der Waals surface area contributed by atoms with Crippen molar-refractivity contribution in [3.63, 3.8) is 0 Å². The van der Waals surface area contributed by atoms with Crippen molar-refractivity contribution in [1.29, 1.82) is 0 Å². The summed E-state index contributed by atoms with van der Waals surface area (Å²) in [5.74, 6) is -7.84. The van der Waals surface area contributed by atoms with Gasteiger partial charge in [-0.05, 0) is 5.56 Å². The highest BCUT2D eigenvalue weighted by Gasteiger charge is 2.55. The fourth-order valence-electron chi connectivity index (χ4n) is 3.07. The molecule has 0 radical (unpaired) electrons. The Morgan fingerprint density at radius 2 is 1.71 bits per heavy atom. The van der Waals surface area contributed by atoms with Gasteiger partial charge in [-0.15, -0.1) is 11.8 Å². The molecule has 0 saturated carbocycles. The van der Waals surface area contributed by atoms with Crippen molar-refractivity contribution >= 4 is 41.5 Å². The van der Waals surface area contributed by atoms with Crippen LogP contribution in [0.4, 0.5) is 0 Å². The van der Waals surface area contributed by atoms with E-state index in [1.807, 2.05) is 0 Å². The number of carbonyl (C=O) groups is 5. The minimum atomic E-state index is -1.56. The number of aliphatic carboxylic acids is 3. The SMILES string of the molecule is O=C(O)C1=C(C(=O)O)N2C(=O)C(NC(=O)C(C(=O)O)c3ccccc3)[C@H]2SC1. The van der Waals surface area contributed by atoms with E-state index in [-0.39, 0.29) is 11.3 Å². The molecule has 28 heavy (non-hydrogen) atoms. The van der Waals surface area contributed by atoms with Crippen molar-refractivity contribution in [2.75, 3.05) is 5.75 Å². The molecule has 2 aliphatic rings. The predicted molar refractivity (Wildman–Crippen MR) is 94.1 cm³/mol. The number of carboxylic acids is 3. The van der Waals surface area contributed by atoms with Crippen molar-refractivity contribution in [1.82, 2.24) is 10.2 Å². The lowest BCUT2D eigenvalue weighted by Crippen LogP contribution is -2.71. The van der Waals surface area contributed by atoms with E-state index in [1.165, 1.54) is 12.1 Å². The Bertz CT molecular complexity index is 913. The minimum Gasteiger partial charge on any atom is -0.480 e. The molecule has 0 spiro atoms. The standard InChI is InChI=1S/C17H14N2O8S/c20-12(9(16(24)25)7-4-2-1-3-5-7)18-10-13(21)19-11(17(26)27)8(15(22)23)6-28-14(10)19/h1-5,9-10,14H,6H2,(H,18,20)(H,22,23)(H,24,25)(H,26,27)/t9?,10?,14-/m1/s1. The van der Waals surface area contributed by atoms with Crippen LogP contribution < -0.4 is 5.32 Å². The Morgan fingerprint density at radius 3 is 2.25 bits per heavy atom. The van der Waals surface area contributed by atoms with Crippen LogP contribution >= 0.6 is 11.8 Å². The van der Waals surface area contributed by atoms with Crippen LogP contribution in [0.1, 0.15) is 11.5 Å². The van der Waals surface area contributed by atoms with Crippen LogP contribution in [0.3, 0.4) is 0 Å². The van der Waals surface area contributed by atoms with E-state index in [4.69, 9.17) is 5.11 Å². The average molecular weight is 406 g/mol. The third-order valence-corrected chi connectivity index (χ3v) is 5.65. The topological polar surface area (TPSA) is 161 Å². The first-order valence-corrected chi connectivity index (χ1v) is 9.01. The summed E-state index contributed by atoms with van der Waals surface area (Å²) in [5.41, 5.74) is -0.823. The number of β-lactam (4-membered cyclic amide) rings is 1. The summed E-state index contributed by atoms with van der Waals surface area (Å²) in [6.45, 7) is 0. The van der Waals surface area contributed by atoms with Gasteiger partial charge >= 0.3 is 17.9 Å². The van der Waals surface area contributed by atoms with Crippen LogP contribution in [0.25, 0.3) is 0 Å². The van der Waals surface area contributed by atoms with Crippen molar-refractivity contribution in [3.8, 4) is 0 Å². The monoisotopic (exact) mass is 406 g/mol. The number of nitrogens with one attached hydrogen (secondary N) is 1. The third-order valence-electron chi connectivity index (χ3n) is 4.37. The van der Waals surface area contributed by atoms with Gasteiger partial charge in [0.15, 0.2) is 5.92 Å². The van der Waals surface area contributed by atoms with E-state index < -0.39 is 58.3 Å². The molecule has 4 N–H and O–H groups in total. The van der Waals surface area contributed by atoms with Crippen molar-refractivity contribution in [2.45, 2.75) is 17.3 Å². The summed E-state index contributed by atoms with van der Waals surface area (Å²) < 4.78 is 0. The molecule has 3 rings (SSSR count). The molecule has 3 atom stereocenters. The van der Waals surface area contributed by atoms with Gasteiger partial charge in [-0.1, -0.05) is 30.3 Å². The van der Waals surface area contributed by atoms with Crippen molar-refractivity contribution in [2.24, 2.45) is 0 Å². The molecule has 1 saturated heterocycles. The molecule has 2 amide bonds. The van der Waals surface area contributed by atoms with E-state index in [1.54, 1.807) is 18.2 Å². The molecule has 11 heteroatoms. The Kier molecular flexibility index (Phi) is 5.10. The Morgan fingerprint density at radius 1 is 1.07 bits per heavy atom. The molecule has 0 bridgehead atoms. The highest BCUT2D eigenvalue weighted by atomic mass is 32.2. The minimum absolute atomic E-state index is 0.168. The molecule has 146 valence electrons. The van der Waals surface area contributed by atoms with Gasteiger partial charge < -0.3 is 20.6 Å². The van der Waals surface area contributed by atoms with Gasteiger partial charge in [0.25, 0.3) is 5.91 Å². The molecule has 1 aromatic rings. The molecule has 2 aliphatic heterocycles. The molecule has 1 fully saturated rings. The quantitative estimate of drug-likeness (QED) is 0.366. The molecule has 2 heterocycles. The number of carbonyl (C=O) groups excluding carboxylic acids is 2. The molecule has 10 nitrogen and oxygen atoms in total. The Hall–Kier alpha value is -3.34. The van der Waals surface area contributed by atoms with Crippen LogP contribution in [0.5, 0.6) is 0 Å². The Balaban J connectivity index is 1.82. The molecule has 0 aromatic heterocycles. The van der Waals surface area contributed by atoms with Crippen molar-refractivity contribution < 1.29 is 39.3 Å². The Labute approximate surface area is 161 Å². The number of nitrogens with zero attached hydrogens (tertiary/aromatic N) is 1. The number of carboxylic acid groups (broad SMARTS) is 3. The van der Waals surface area contributed by atoms with Crippen LogP contribution in [-0.2, 0) is 24.0 Å². The van der Waals surface area contributed by atoms with E-state index in [2.05, 4.69) is 5.32 Å². The first-order valence-electron chi connectivity index (χ1n) is 7.96. The van der Waals surface area contributed by atoms with Gasteiger partial charge in [-0.25, -0.2) is 9.59 Å². The maximum Gasteiger partial charge on any atom is 0.353 e. The zero-order chi connectivity index (χ0) is 20.6. The number of hydrogen-bond donors (Lipinski definition) is 4. The number of thioether (sulfide) groups is 1. The summed E-state index contributed by atoms with van der Waals surface area (Å²) >= 11 is 0.981. The lowest BCUT2D eigenvalue weighted by atomic mass is 9.96. The zero-order valence-electron chi connectivity index (χ0n) is 14.1. The average Bonchev–Trinajstić information content (AvgIpc) is 2.65. The fraction of sp³-hybridized carbons (Fsp3) is 0.235. The van der Waals surface area contributed by atoms with Gasteiger partial charge in [-0.3, -0.25) is 19.3 Å². The molecular formula is C17H14N2O8S. The summed E-state index contributed by atoms with van der Waals surface area (Å²) in [6, 6.07) is 6.59. The van der Waals surface area contributed by atoms with Gasteiger partial charge in [-0.2, -0.15) is 0 Å². The smallest absolute Gasteiger partial charge is 0.353 e. The summed E-state index contributed by atoms with van der Waals surface area (Å²) in [5, 5.41) is 29.4. The second-order valence-corrected chi connectivity index (χ2v) is 7.12. The summed E-state index contributed by atoms with van der Waals surface area (Å²) in [7, 11) is 0. The highest BCUT2D eigenvalue weighted by molar-refractivity contribution is 8.00. The van der Waals surface area contributed by atoms with Gasteiger partial charge in [0.05, 0.1) is 5.57 Å². The third kappa shape index (κ3) is 3.20. The van der Waals surface area contributed by atoms with Crippen LogP contribution in [0, 0.1) is 0 Å². The predicted octanol–water partition coefficient (Wildman–Crippen LogP) is -0.322. The second kappa shape index (κ2) is 7.35. The number of fused-ring (bicyclic) bond motifs is 1. The second-order valence-electron chi connectivity index (χ2n) is 6.02. The van der Waals surface area contributed by atoms with E-state index >= 15 is 0 Å². The number of benzene rings is 1. The highest BCUT2D eigenvalue weighted by Crippen LogP contribution is 2.40. The normalized spacial score (nSPS) is 22.0. The number of amides is 2. The van der Waals surface area contributed by atoms with Crippen molar-refractivity contribution in [3.05, 3.63) is 47.2 Å². The molecule has 1 aromatic carbocycles. The lowest BCUT2D eigenvalue weighted by Gasteiger charge is -2.49. The van der Waals surface area contributed by atoms with Gasteiger partial charge in [0, 0.05) is 5.75 Å². The maximum absolute atomic E-state index is 12.5. The van der Waals surface area contributed by atoms with Crippen LogP contribution in [0.2, 0.25) is 0 Å². The zero-order valence-corrected chi connectivity index (χ0v) is 14.9. The number of hydrogen-bond acceptors (Lipinski definition) is 6. The molecule has 0 aliphatic carbocycles. The van der Waals surface area contributed by atoms with E-state index in [0.29, 0.717) is 0 Å². The van der Waals surface area contributed by atoms with Crippen LogP contribution in [0.15, 0.2) is 41.6 Å². The molecule has 2 unspecified atom stereocenters. The van der Waals surface area contributed by atoms with E-state index in [9.17, 15) is 34.2 Å². The van der Waals surface area contributed by atoms with E-state index in [0.717, 1.165) is 16.7 Å². The molecular weight excluding hydrogens is 392 g/mol. The largest absolute Gasteiger partial charge is 0.480 e. The number of rotatable bonds is 6.